The molecule has 0 aliphatic rings. The van der Waals surface area contributed by atoms with Crippen LogP contribution < -0.4 is 10.1 Å². The number of hydrogen-bond acceptors (Lipinski definition) is 4. The third-order valence-electron chi connectivity index (χ3n) is 1.84. The van der Waals surface area contributed by atoms with E-state index < -0.39 is 0 Å². The van der Waals surface area contributed by atoms with Gasteiger partial charge in [-0.3, -0.25) is 0 Å². The van der Waals surface area contributed by atoms with Gasteiger partial charge >= 0.3 is 0 Å². The molecule has 1 rings (SSSR count). The van der Waals surface area contributed by atoms with Crippen molar-refractivity contribution in [3.05, 3.63) is 11.9 Å². The van der Waals surface area contributed by atoms with E-state index in [-0.39, 0.29) is 0 Å². The van der Waals surface area contributed by atoms with Gasteiger partial charge in [0.1, 0.15) is 11.6 Å². The van der Waals surface area contributed by atoms with Crippen molar-refractivity contribution in [1.82, 2.24) is 9.97 Å². The Bertz CT molecular complexity index is 393. The van der Waals surface area contributed by atoms with E-state index in [0.29, 0.717) is 18.3 Å². The van der Waals surface area contributed by atoms with E-state index in [2.05, 4.69) is 27.1 Å². The second kappa shape index (κ2) is 6.67. The molecule has 0 unspecified atom stereocenters. The summed E-state index contributed by atoms with van der Waals surface area (Å²) in [5.74, 6) is 7.94. The third-order valence-corrected chi connectivity index (χ3v) is 1.84. The molecule has 4 heteroatoms. The fraction of sp³-hybridized carbons (Fsp3) is 0.500. The summed E-state index contributed by atoms with van der Waals surface area (Å²) in [6.07, 6.45) is 0.809. The predicted molar refractivity (Wildman–Crippen MR) is 64.5 cm³/mol. The largest absolute Gasteiger partial charge is 0.478 e. The molecule has 1 heterocycles. The molecule has 4 nitrogen and oxygen atoms in total. The molecule has 0 radical (unpaired) electrons. The first-order chi connectivity index (χ1) is 7.76. The van der Waals surface area contributed by atoms with Gasteiger partial charge in [0.2, 0.25) is 5.88 Å². The molecule has 1 aromatic heterocycles. The van der Waals surface area contributed by atoms with Crippen LogP contribution in [0.15, 0.2) is 6.07 Å². The van der Waals surface area contributed by atoms with Gasteiger partial charge in [-0.1, -0.05) is 0 Å². The molecular weight excluding hydrogens is 202 g/mol. The molecular formula is C12H17N3O. The fourth-order valence-electron chi connectivity index (χ4n) is 1.23. The zero-order valence-corrected chi connectivity index (χ0v) is 10.0. The van der Waals surface area contributed by atoms with Crippen LogP contribution in [-0.2, 0) is 0 Å². The van der Waals surface area contributed by atoms with Crippen LogP contribution in [0.4, 0.5) is 5.82 Å². The van der Waals surface area contributed by atoms with Gasteiger partial charge in [-0.05, 0) is 20.8 Å². The molecule has 0 aliphatic carbocycles. The van der Waals surface area contributed by atoms with Crippen molar-refractivity contribution in [3.63, 3.8) is 0 Å². The van der Waals surface area contributed by atoms with Crippen molar-refractivity contribution in [1.29, 1.82) is 0 Å². The molecule has 0 saturated carbocycles. The van der Waals surface area contributed by atoms with Crippen LogP contribution in [0.1, 0.15) is 26.1 Å². The summed E-state index contributed by atoms with van der Waals surface area (Å²) in [4.78, 5) is 8.43. The SMILES string of the molecule is CC#CCCNc1cc(OCC)nc(C)n1. The Morgan fingerprint density at radius 2 is 2.25 bits per heavy atom. The van der Waals surface area contributed by atoms with Crippen LogP contribution >= 0.6 is 0 Å². The Hall–Kier alpha value is -1.76. The number of nitrogens with zero attached hydrogens (tertiary/aromatic N) is 2. The van der Waals surface area contributed by atoms with Gasteiger partial charge in [-0.25, -0.2) is 4.98 Å². The van der Waals surface area contributed by atoms with E-state index in [9.17, 15) is 0 Å². The highest BCUT2D eigenvalue weighted by Gasteiger charge is 2.01. The average Bonchev–Trinajstić information content (AvgIpc) is 2.24. The van der Waals surface area contributed by atoms with Gasteiger partial charge in [0.05, 0.1) is 6.61 Å². The average molecular weight is 219 g/mol. The first-order valence-corrected chi connectivity index (χ1v) is 5.38. The first kappa shape index (κ1) is 12.3. The van der Waals surface area contributed by atoms with Gasteiger partial charge in [0.15, 0.2) is 0 Å². The van der Waals surface area contributed by atoms with Crippen molar-refractivity contribution in [2.45, 2.75) is 27.2 Å². The lowest BCUT2D eigenvalue weighted by Crippen LogP contribution is -2.05. The third kappa shape index (κ3) is 4.18. The topological polar surface area (TPSA) is 47.0 Å². The summed E-state index contributed by atoms with van der Waals surface area (Å²) in [6, 6.07) is 1.80. The summed E-state index contributed by atoms with van der Waals surface area (Å²) in [7, 11) is 0. The van der Waals surface area contributed by atoms with E-state index in [1.54, 1.807) is 6.07 Å². The van der Waals surface area contributed by atoms with E-state index in [0.717, 1.165) is 18.8 Å². The molecule has 1 N–H and O–H groups in total. The summed E-state index contributed by atoms with van der Waals surface area (Å²) in [5, 5.41) is 3.19. The summed E-state index contributed by atoms with van der Waals surface area (Å²) >= 11 is 0. The van der Waals surface area contributed by atoms with Crippen LogP contribution in [0.25, 0.3) is 0 Å². The normalized spacial score (nSPS) is 9.19. The maximum atomic E-state index is 5.34. The van der Waals surface area contributed by atoms with E-state index in [1.807, 2.05) is 20.8 Å². The second-order valence-electron chi connectivity index (χ2n) is 3.18. The number of aryl methyl sites for hydroxylation is 1. The minimum absolute atomic E-state index is 0.608. The molecule has 0 fully saturated rings. The van der Waals surface area contributed by atoms with Crippen molar-refractivity contribution in [2.24, 2.45) is 0 Å². The molecule has 0 aromatic carbocycles. The smallest absolute Gasteiger partial charge is 0.218 e. The molecule has 0 amide bonds. The lowest BCUT2D eigenvalue weighted by atomic mass is 10.4. The zero-order chi connectivity index (χ0) is 11.8. The first-order valence-electron chi connectivity index (χ1n) is 5.38. The number of rotatable bonds is 5. The van der Waals surface area contributed by atoms with Crippen LogP contribution in [-0.4, -0.2) is 23.1 Å². The second-order valence-corrected chi connectivity index (χ2v) is 3.18. The predicted octanol–water partition coefficient (Wildman–Crippen LogP) is 2.01. The molecule has 0 saturated heterocycles. The fourth-order valence-corrected chi connectivity index (χ4v) is 1.23. The van der Waals surface area contributed by atoms with E-state index in [4.69, 9.17) is 4.74 Å². The van der Waals surface area contributed by atoms with Crippen molar-refractivity contribution in [2.75, 3.05) is 18.5 Å². The van der Waals surface area contributed by atoms with Gasteiger partial charge in [0, 0.05) is 19.0 Å². The van der Waals surface area contributed by atoms with Crippen LogP contribution in [0.3, 0.4) is 0 Å². The summed E-state index contributed by atoms with van der Waals surface area (Å²) in [5.41, 5.74) is 0. The Labute approximate surface area is 96.5 Å². The quantitative estimate of drug-likeness (QED) is 0.608. The van der Waals surface area contributed by atoms with Crippen LogP contribution in [0, 0.1) is 18.8 Å². The number of nitrogens with one attached hydrogen (secondary N) is 1. The van der Waals surface area contributed by atoms with Gasteiger partial charge in [-0.2, -0.15) is 4.98 Å². The molecule has 1 aromatic rings. The van der Waals surface area contributed by atoms with E-state index in [1.165, 1.54) is 0 Å². The van der Waals surface area contributed by atoms with Gasteiger partial charge < -0.3 is 10.1 Å². The monoisotopic (exact) mass is 219 g/mol. The van der Waals surface area contributed by atoms with Crippen molar-refractivity contribution >= 4 is 5.82 Å². The minimum atomic E-state index is 0.608. The van der Waals surface area contributed by atoms with Gasteiger partial charge in [0.25, 0.3) is 0 Å². The lowest BCUT2D eigenvalue weighted by molar-refractivity contribution is 0.325. The standard InChI is InChI=1S/C12H17N3O/c1-4-6-7-8-13-11-9-12(16-5-2)15-10(3)14-11/h9H,5,7-8H2,1-3H3,(H,13,14,15). The van der Waals surface area contributed by atoms with Crippen molar-refractivity contribution in [3.8, 4) is 17.7 Å². The minimum Gasteiger partial charge on any atom is -0.478 e. The molecule has 16 heavy (non-hydrogen) atoms. The van der Waals surface area contributed by atoms with E-state index >= 15 is 0 Å². The molecule has 0 bridgehead atoms. The summed E-state index contributed by atoms with van der Waals surface area (Å²) in [6.45, 7) is 7.00. The Kier molecular flexibility index (Phi) is 5.13. The number of anilines is 1. The molecule has 86 valence electrons. The Morgan fingerprint density at radius 3 is 2.94 bits per heavy atom. The molecule has 0 spiro atoms. The lowest BCUT2D eigenvalue weighted by Gasteiger charge is -2.07. The maximum Gasteiger partial charge on any atom is 0.218 e. The van der Waals surface area contributed by atoms with Crippen molar-refractivity contribution < 1.29 is 4.74 Å². The van der Waals surface area contributed by atoms with Gasteiger partial charge in [-0.15, -0.1) is 11.8 Å². The highest BCUT2D eigenvalue weighted by Crippen LogP contribution is 2.12. The number of ether oxygens (including phenoxy) is 1. The molecule has 0 aliphatic heterocycles. The van der Waals surface area contributed by atoms with Crippen LogP contribution in [0.5, 0.6) is 5.88 Å². The van der Waals surface area contributed by atoms with Crippen LogP contribution in [0.2, 0.25) is 0 Å². The number of aromatic nitrogens is 2. The zero-order valence-electron chi connectivity index (χ0n) is 10.0. The summed E-state index contributed by atoms with van der Waals surface area (Å²) < 4.78 is 5.34. The Balaban J connectivity index is 2.60. The highest BCUT2D eigenvalue weighted by molar-refractivity contribution is 5.38. The maximum absolute atomic E-state index is 5.34. The highest BCUT2D eigenvalue weighted by atomic mass is 16.5. The Morgan fingerprint density at radius 1 is 1.44 bits per heavy atom. The number of hydrogen-bond donors (Lipinski definition) is 1. The molecule has 0 atom stereocenters.